The maximum Gasteiger partial charge on any atom is 0.256 e. The van der Waals surface area contributed by atoms with Crippen LogP contribution in [-0.4, -0.2) is 16.8 Å². The van der Waals surface area contributed by atoms with E-state index in [1.165, 1.54) is 6.07 Å². The van der Waals surface area contributed by atoms with E-state index < -0.39 is 5.91 Å². The Morgan fingerprint density at radius 3 is 2.53 bits per heavy atom. The van der Waals surface area contributed by atoms with Gasteiger partial charge in [-0.2, -0.15) is 0 Å². The molecule has 0 saturated heterocycles. The SMILES string of the molecule is NC(=O)c1cccc(C(=O)Nc2ccc(I)cn2)c1. The van der Waals surface area contributed by atoms with Gasteiger partial charge in [0.1, 0.15) is 5.82 Å². The Morgan fingerprint density at radius 1 is 1.16 bits per heavy atom. The van der Waals surface area contributed by atoms with Gasteiger partial charge in [-0.15, -0.1) is 0 Å². The van der Waals surface area contributed by atoms with Crippen molar-refractivity contribution in [1.82, 2.24) is 4.98 Å². The summed E-state index contributed by atoms with van der Waals surface area (Å²) in [6, 6.07) is 9.76. The molecule has 5 nitrogen and oxygen atoms in total. The maximum atomic E-state index is 12.0. The highest BCUT2D eigenvalue weighted by atomic mass is 127. The van der Waals surface area contributed by atoms with Gasteiger partial charge in [-0.05, 0) is 52.9 Å². The first kappa shape index (κ1) is 13.5. The second-order valence-corrected chi connectivity index (χ2v) is 5.01. The van der Waals surface area contributed by atoms with Crippen molar-refractivity contribution in [3.63, 3.8) is 0 Å². The summed E-state index contributed by atoms with van der Waals surface area (Å²) in [5.74, 6) is -0.450. The van der Waals surface area contributed by atoms with Gasteiger partial charge in [-0.25, -0.2) is 4.98 Å². The normalized spacial score (nSPS) is 9.95. The number of rotatable bonds is 3. The van der Waals surface area contributed by atoms with E-state index in [2.05, 4.69) is 32.9 Å². The minimum absolute atomic E-state index is 0.295. The average molecular weight is 367 g/mol. The van der Waals surface area contributed by atoms with Gasteiger partial charge in [0.05, 0.1) is 0 Å². The fraction of sp³-hybridized carbons (Fsp3) is 0. The summed E-state index contributed by atoms with van der Waals surface area (Å²) in [5, 5.41) is 2.65. The van der Waals surface area contributed by atoms with Crippen molar-refractivity contribution in [2.45, 2.75) is 0 Å². The lowest BCUT2D eigenvalue weighted by Crippen LogP contribution is -2.15. The van der Waals surface area contributed by atoms with Crippen molar-refractivity contribution in [2.75, 3.05) is 5.32 Å². The average Bonchev–Trinajstić information content (AvgIpc) is 2.41. The minimum Gasteiger partial charge on any atom is -0.366 e. The van der Waals surface area contributed by atoms with Crippen LogP contribution in [-0.2, 0) is 0 Å². The third kappa shape index (κ3) is 3.50. The lowest BCUT2D eigenvalue weighted by molar-refractivity contribution is 0.1000. The molecule has 0 atom stereocenters. The number of carbonyl (C=O) groups is 2. The van der Waals surface area contributed by atoms with Gasteiger partial charge >= 0.3 is 0 Å². The van der Waals surface area contributed by atoms with Crippen LogP contribution in [0.4, 0.5) is 5.82 Å². The number of pyridine rings is 1. The summed E-state index contributed by atoms with van der Waals surface area (Å²) in [4.78, 5) is 27.1. The van der Waals surface area contributed by atoms with E-state index in [0.29, 0.717) is 16.9 Å². The Balaban J connectivity index is 2.18. The predicted molar refractivity (Wildman–Crippen MR) is 79.9 cm³/mol. The number of nitrogens with one attached hydrogen (secondary N) is 1. The minimum atomic E-state index is -0.568. The van der Waals surface area contributed by atoms with Gasteiger partial charge in [-0.3, -0.25) is 9.59 Å². The third-order valence-corrected chi connectivity index (χ3v) is 3.02. The number of aromatic nitrogens is 1. The number of primary amides is 1. The van der Waals surface area contributed by atoms with Gasteiger partial charge in [0, 0.05) is 20.9 Å². The van der Waals surface area contributed by atoms with Gasteiger partial charge in [0.25, 0.3) is 5.91 Å². The largest absolute Gasteiger partial charge is 0.366 e. The van der Waals surface area contributed by atoms with Crippen molar-refractivity contribution in [3.05, 3.63) is 57.3 Å². The van der Waals surface area contributed by atoms with Gasteiger partial charge in [-0.1, -0.05) is 6.07 Å². The van der Waals surface area contributed by atoms with E-state index in [0.717, 1.165) is 3.57 Å². The summed E-state index contributed by atoms with van der Waals surface area (Å²) in [5.41, 5.74) is 5.82. The Labute approximate surface area is 123 Å². The summed E-state index contributed by atoms with van der Waals surface area (Å²) in [6.45, 7) is 0. The number of amides is 2. The van der Waals surface area contributed by atoms with Gasteiger partial charge < -0.3 is 11.1 Å². The van der Waals surface area contributed by atoms with E-state index in [9.17, 15) is 9.59 Å². The molecule has 1 aromatic heterocycles. The Kier molecular flexibility index (Phi) is 4.10. The van der Waals surface area contributed by atoms with Crippen LogP contribution in [0.15, 0.2) is 42.6 Å². The van der Waals surface area contributed by atoms with Crippen LogP contribution in [0.2, 0.25) is 0 Å². The molecule has 0 aliphatic carbocycles. The summed E-state index contributed by atoms with van der Waals surface area (Å²) in [6.07, 6.45) is 1.65. The molecule has 1 heterocycles. The molecule has 2 rings (SSSR count). The van der Waals surface area contributed by atoms with E-state index in [1.54, 1.807) is 30.5 Å². The second-order valence-electron chi connectivity index (χ2n) is 3.76. The summed E-state index contributed by atoms with van der Waals surface area (Å²) < 4.78 is 0.978. The molecule has 2 aromatic rings. The van der Waals surface area contributed by atoms with Crippen LogP contribution in [0.1, 0.15) is 20.7 Å². The molecule has 3 N–H and O–H groups in total. The quantitative estimate of drug-likeness (QED) is 0.815. The summed E-state index contributed by atoms with van der Waals surface area (Å²) in [7, 11) is 0. The molecule has 6 heteroatoms. The third-order valence-electron chi connectivity index (χ3n) is 2.38. The Hall–Kier alpha value is -1.96. The molecule has 0 spiro atoms. The number of benzene rings is 1. The molecule has 96 valence electrons. The Bertz CT molecular complexity index is 626. The highest BCUT2D eigenvalue weighted by Gasteiger charge is 2.09. The fourth-order valence-corrected chi connectivity index (χ4v) is 1.77. The van der Waals surface area contributed by atoms with Crippen molar-refractivity contribution in [1.29, 1.82) is 0 Å². The molecule has 0 unspecified atom stereocenters. The van der Waals surface area contributed by atoms with Gasteiger partial charge in [0.2, 0.25) is 5.91 Å². The lowest BCUT2D eigenvalue weighted by atomic mass is 10.1. The monoisotopic (exact) mass is 367 g/mol. The first-order chi connectivity index (χ1) is 9.06. The summed E-state index contributed by atoms with van der Waals surface area (Å²) >= 11 is 2.13. The van der Waals surface area contributed by atoms with E-state index in [-0.39, 0.29) is 5.91 Å². The van der Waals surface area contributed by atoms with E-state index in [1.807, 2.05) is 6.07 Å². The molecule has 1 aromatic carbocycles. The number of nitrogens with two attached hydrogens (primary N) is 1. The van der Waals surface area contributed by atoms with Crippen LogP contribution < -0.4 is 11.1 Å². The molecular weight excluding hydrogens is 357 g/mol. The van der Waals surface area contributed by atoms with Crippen LogP contribution >= 0.6 is 22.6 Å². The first-order valence-electron chi connectivity index (χ1n) is 5.39. The number of hydrogen-bond donors (Lipinski definition) is 2. The van der Waals surface area contributed by atoms with E-state index in [4.69, 9.17) is 5.73 Å². The molecule has 2 amide bonds. The van der Waals surface area contributed by atoms with Crippen LogP contribution in [0.25, 0.3) is 0 Å². The van der Waals surface area contributed by atoms with E-state index >= 15 is 0 Å². The lowest BCUT2D eigenvalue weighted by Gasteiger charge is -2.05. The first-order valence-corrected chi connectivity index (χ1v) is 6.47. The number of halogens is 1. The smallest absolute Gasteiger partial charge is 0.256 e. The molecule has 19 heavy (non-hydrogen) atoms. The Morgan fingerprint density at radius 2 is 1.89 bits per heavy atom. The maximum absolute atomic E-state index is 12.0. The number of anilines is 1. The van der Waals surface area contributed by atoms with Crippen molar-refractivity contribution in [2.24, 2.45) is 5.73 Å². The molecule has 0 saturated carbocycles. The number of carbonyl (C=O) groups excluding carboxylic acids is 2. The molecule has 0 fully saturated rings. The molecule has 0 bridgehead atoms. The van der Waals surface area contributed by atoms with Crippen molar-refractivity contribution < 1.29 is 9.59 Å². The molecule has 0 aliphatic rings. The van der Waals surface area contributed by atoms with Gasteiger partial charge in [0.15, 0.2) is 0 Å². The number of nitrogens with zero attached hydrogens (tertiary/aromatic N) is 1. The standard InChI is InChI=1S/C13H10IN3O2/c14-10-4-5-11(16-7-10)17-13(19)9-3-1-2-8(6-9)12(15)18/h1-7H,(H2,15,18)(H,16,17,19). The highest BCUT2D eigenvalue weighted by Crippen LogP contribution is 2.10. The van der Waals surface area contributed by atoms with Crippen LogP contribution in [0.5, 0.6) is 0 Å². The fourth-order valence-electron chi connectivity index (χ4n) is 1.45. The van der Waals surface area contributed by atoms with Crippen molar-refractivity contribution in [3.8, 4) is 0 Å². The topological polar surface area (TPSA) is 85.1 Å². The second kappa shape index (κ2) is 5.79. The zero-order chi connectivity index (χ0) is 13.8. The van der Waals surface area contributed by atoms with Crippen molar-refractivity contribution >= 4 is 40.2 Å². The van der Waals surface area contributed by atoms with Crippen LogP contribution in [0.3, 0.4) is 0 Å². The zero-order valence-corrected chi connectivity index (χ0v) is 11.9. The zero-order valence-electron chi connectivity index (χ0n) is 9.76. The highest BCUT2D eigenvalue weighted by molar-refractivity contribution is 14.1. The molecular formula is C13H10IN3O2. The molecule has 0 aliphatic heterocycles. The van der Waals surface area contributed by atoms with Crippen LogP contribution in [0, 0.1) is 3.57 Å². The molecule has 0 radical (unpaired) electrons. The predicted octanol–water partition coefficient (Wildman–Crippen LogP) is 2.04. The number of hydrogen-bond acceptors (Lipinski definition) is 3.